The maximum absolute atomic E-state index is 11.1. The molecule has 0 radical (unpaired) electrons. The first kappa shape index (κ1) is 8.36. The van der Waals surface area contributed by atoms with Crippen molar-refractivity contribution in [1.82, 2.24) is 10.0 Å². The van der Waals surface area contributed by atoms with E-state index in [1.807, 2.05) is 0 Å². The SMILES string of the molecule is O=C1C=CC(=O)N1N1C(=O)C=CC1=O. The molecule has 0 atom stereocenters. The van der Waals surface area contributed by atoms with Crippen LogP contribution in [0.15, 0.2) is 24.3 Å². The summed E-state index contributed by atoms with van der Waals surface area (Å²) in [6.07, 6.45) is 4.00. The standard InChI is InChI=1S/C8H4N2O4/c11-5-1-2-6(12)9(5)10-7(13)3-4-8(10)14/h1-4H. The zero-order valence-electron chi connectivity index (χ0n) is 6.84. The zero-order chi connectivity index (χ0) is 10.3. The van der Waals surface area contributed by atoms with Gasteiger partial charge in [-0.15, -0.1) is 0 Å². The summed E-state index contributed by atoms with van der Waals surface area (Å²) in [6, 6.07) is 0. The van der Waals surface area contributed by atoms with Gasteiger partial charge in [0.25, 0.3) is 23.6 Å². The van der Waals surface area contributed by atoms with Crippen LogP contribution in [0.2, 0.25) is 0 Å². The Bertz CT molecular complexity index is 345. The lowest BCUT2D eigenvalue weighted by Crippen LogP contribution is -2.49. The quantitative estimate of drug-likeness (QED) is 0.486. The van der Waals surface area contributed by atoms with E-state index in [2.05, 4.69) is 0 Å². The molecule has 2 rings (SSSR count). The van der Waals surface area contributed by atoms with Gasteiger partial charge in [-0.3, -0.25) is 19.2 Å². The van der Waals surface area contributed by atoms with Gasteiger partial charge in [-0.2, -0.15) is 10.0 Å². The van der Waals surface area contributed by atoms with Crippen molar-refractivity contribution >= 4 is 23.6 Å². The second kappa shape index (κ2) is 2.63. The summed E-state index contributed by atoms with van der Waals surface area (Å²) in [5.74, 6) is -2.78. The second-order valence-electron chi connectivity index (χ2n) is 2.64. The van der Waals surface area contributed by atoms with Gasteiger partial charge in [0.15, 0.2) is 0 Å². The van der Waals surface area contributed by atoms with Crippen LogP contribution in [0.3, 0.4) is 0 Å². The van der Waals surface area contributed by atoms with Crippen LogP contribution in [0.5, 0.6) is 0 Å². The van der Waals surface area contributed by atoms with Crippen LogP contribution in [-0.2, 0) is 19.2 Å². The molecule has 2 aliphatic heterocycles. The molecule has 2 aliphatic rings. The zero-order valence-corrected chi connectivity index (χ0v) is 6.84. The van der Waals surface area contributed by atoms with Crippen LogP contribution in [0.25, 0.3) is 0 Å². The van der Waals surface area contributed by atoms with Crippen molar-refractivity contribution in [3.05, 3.63) is 24.3 Å². The van der Waals surface area contributed by atoms with Crippen LogP contribution >= 0.6 is 0 Å². The number of hydrogen-bond acceptors (Lipinski definition) is 4. The third-order valence-corrected chi connectivity index (χ3v) is 1.77. The summed E-state index contributed by atoms with van der Waals surface area (Å²) in [4.78, 5) is 44.4. The molecule has 70 valence electrons. The molecule has 0 spiro atoms. The van der Waals surface area contributed by atoms with Gasteiger partial charge in [-0.25, -0.2) is 0 Å². The third kappa shape index (κ3) is 0.972. The van der Waals surface area contributed by atoms with Crippen molar-refractivity contribution in [1.29, 1.82) is 0 Å². The number of rotatable bonds is 1. The summed E-state index contributed by atoms with van der Waals surface area (Å²) < 4.78 is 0. The van der Waals surface area contributed by atoms with Gasteiger partial charge >= 0.3 is 0 Å². The molecular formula is C8H4N2O4. The van der Waals surface area contributed by atoms with Gasteiger partial charge in [0.1, 0.15) is 0 Å². The Labute approximate surface area is 78.0 Å². The maximum Gasteiger partial charge on any atom is 0.273 e. The Morgan fingerprint density at radius 2 is 0.786 bits per heavy atom. The maximum atomic E-state index is 11.1. The third-order valence-electron chi connectivity index (χ3n) is 1.77. The number of hydrazine groups is 1. The molecule has 6 heteroatoms. The van der Waals surface area contributed by atoms with E-state index >= 15 is 0 Å². The molecule has 0 bridgehead atoms. The fourth-order valence-electron chi connectivity index (χ4n) is 1.18. The average molecular weight is 192 g/mol. The largest absolute Gasteiger partial charge is 0.273 e. The molecule has 0 saturated heterocycles. The van der Waals surface area contributed by atoms with Gasteiger partial charge < -0.3 is 0 Å². The molecule has 4 amide bonds. The highest BCUT2D eigenvalue weighted by Crippen LogP contribution is 2.13. The highest BCUT2D eigenvalue weighted by molar-refractivity contribution is 6.20. The first-order chi connectivity index (χ1) is 6.61. The van der Waals surface area contributed by atoms with E-state index in [1.165, 1.54) is 0 Å². The minimum atomic E-state index is -0.694. The van der Waals surface area contributed by atoms with E-state index in [4.69, 9.17) is 0 Å². The monoisotopic (exact) mass is 192 g/mol. The number of carbonyl (C=O) groups is 4. The van der Waals surface area contributed by atoms with Crippen LogP contribution in [0.4, 0.5) is 0 Å². The summed E-state index contributed by atoms with van der Waals surface area (Å²) >= 11 is 0. The summed E-state index contributed by atoms with van der Waals surface area (Å²) in [5, 5.41) is 1.01. The predicted octanol–water partition coefficient (Wildman–Crippen LogP) is -1.25. The number of amides is 4. The summed E-state index contributed by atoms with van der Waals surface area (Å²) in [6.45, 7) is 0. The van der Waals surface area contributed by atoms with Crippen molar-refractivity contribution in [2.45, 2.75) is 0 Å². The molecule has 0 aromatic rings. The van der Waals surface area contributed by atoms with Gasteiger partial charge in [-0.1, -0.05) is 0 Å². The number of nitrogens with zero attached hydrogens (tertiary/aromatic N) is 2. The van der Waals surface area contributed by atoms with Crippen molar-refractivity contribution in [2.24, 2.45) is 0 Å². The van der Waals surface area contributed by atoms with Crippen LogP contribution in [0.1, 0.15) is 0 Å². The molecule has 0 fully saturated rings. The van der Waals surface area contributed by atoms with Crippen molar-refractivity contribution in [3.8, 4) is 0 Å². The molecule has 2 heterocycles. The van der Waals surface area contributed by atoms with E-state index < -0.39 is 23.6 Å². The van der Waals surface area contributed by atoms with Crippen LogP contribution < -0.4 is 0 Å². The number of carbonyl (C=O) groups excluding carboxylic acids is 4. The lowest BCUT2D eigenvalue weighted by Gasteiger charge is -2.22. The van der Waals surface area contributed by atoms with Crippen molar-refractivity contribution < 1.29 is 19.2 Å². The summed E-state index contributed by atoms with van der Waals surface area (Å²) in [7, 11) is 0. The van der Waals surface area contributed by atoms with Gasteiger partial charge in [0.2, 0.25) is 0 Å². The smallest absolute Gasteiger partial charge is 0.267 e. The average Bonchev–Trinajstić information content (AvgIpc) is 2.60. The second-order valence-corrected chi connectivity index (χ2v) is 2.64. The van der Waals surface area contributed by atoms with Gasteiger partial charge in [0, 0.05) is 24.3 Å². The van der Waals surface area contributed by atoms with Crippen molar-refractivity contribution in [2.75, 3.05) is 0 Å². The van der Waals surface area contributed by atoms with E-state index in [-0.39, 0.29) is 0 Å². The normalized spacial score (nSPS) is 20.6. The lowest BCUT2D eigenvalue weighted by molar-refractivity contribution is -0.169. The minimum Gasteiger partial charge on any atom is -0.267 e. The molecule has 14 heavy (non-hydrogen) atoms. The first-order valence-electron chi connectivity index (χ1n) is 3.73. The molecule has 0 unspecified atom stereocenters. The molecule has 0 N–H and O–H groups in total. The Morgan fingerprint density at radius 3 is 1.00 bits per heavy atom. The summed E-state index contributed by atoms with van der Waals surface area (Å²) in [5.41, 5.74) is 0. The molecule has 0 saturated carbocycles. The molecule has 6 nitrogen and oxygen atoms in total. The highest BCUT2D eigenvalue weighted by Gasteiger charge is 2.38. The highest BCUT2D eigenvalue weighted by atomic mass is 16.2. The van der Waals surface area contributed by atoms with Crippen LogP contribution in [0, 0.1) is 0 Å². The van der Waals surface area contributed by atoms with E-state index in [9.17, 15) is 19.2 Å². The van der Waals surface area contributed by atoms with Gasteiger partial charge in [0.05, 0.1) is 0 Å². The minimum absolute atomic E-state index is 0.505. The predicted molar refractivity (Wildman–Crippen MR) is 42.0 cm³/mol. The Morgan fingerprint density at radius 1 is 0.571 bits per heavy atom. The number of hydrogen-bond donors (Lipinski definition) is 0. The van der Waals surface area contributed by atoms with E-state index in [0.29, 0.717) is 10.0 Å². The Hall–Kier alpha value is -2.24. The molecule has 0 aromatic carbocycles. The van der Waals surface area contributed by atoms with Crippen LogP contribution in [-0.4, -0.2) is 33.6 Å². The topological polar surface area (TPSA) is 74.8 Å². The molecular weight excluding hydrogens is 188 g/mol. The van der Waals surface area contributed by atoms with E-state index in [1.54, 1.807) is 0 Å². The number of imide groups is 2. The molecule has 0 aromatic heterocycles. The van der Waals surface area contributed by atoms with Crippen molar-refractivity contribution in [3.63, 3.8) is 0 Å². The first-order valence-corrected chi connectivity index (χ1v) is 3.73. The van der Waals surface area contributed by atoms with E-state index in [0.717, 1.165) is 24.3 Å². The lowest BCUT2D eigenvalue weighted by atomic mass is 10.6. The van der Waals surface area contributed by atoms with Gasteiger partial charge in [-0.05, 0) is 0 Å². The Kier molecular flexibility index (Phi) is 1.57. The fraction of sp³-hybridized carbons (Fsp3) is 0. The Balaban J connectivity index is 2.33. The molecule has 0 aliphatic carbocycles. The fourth-order valence-corrected chi connectivity index (χ4v) is 1.18.